The molecular weight excluding hydrogens is 328 g/mol. The van der Waals surface area contributed by atoms with Crippen LogP contribution in [0.5, 0.6) is 5.75 Å². The molecule has 26 heavy (non-hydrogen) atoms. The second-order valence-corrected chi connectivity index (χ2v) is 8.45. The molecule has 0 aliphatic rings. The van der Waals surface area contributed by atoms with Crippen molar-refractivity contribution in [2.45, 2.75) is 52.4 Å². The Kier molecular flexibility index (Phi) is 5.26. The van der Waals surface area contributed by atoms with Gasteiger partial charge in [-0.05, 0) is 34.6 Å². The van der Waals surface area contributed by atoms with Crippen molar-refractivity contribution < 1.29 is 19.4 Å². The van der Waals surface area contributed by atoms with E-state index in [4.69, 9.17) is 4.74 Å². The summed E-state index contributed by atoms with van der Waals surface area (Å²) in [5.74, 6) is -1.37. The van der Waals surface area contributed by atoms with E-state index in [2.05, 4.69) is 47.6 Å². The van der Waals surface area contributed by atoms with Gasteiger partial charge in [0.05, 0.1) is 11.1 Å². The minimum Gasteiger partial charge on any atom is -0.478 e. The summed E-state index contributed by atoms with van der Waals surface area (Å²) in [5.41, 5.74) is 1.77. The average molecular weight is 354 g/mol. The third kappa shape index (κ3) is 4.31. The number of benzene rings is 2. The molecule has 1 N–H and O–H groups in total. The minimum atomic E-state index is -1.16. The Morgan fingerprint density at radius 2 is 1.42 bits per heavy atom. The molecule has 2 aromatic carbocycles. The maximum atomic E-state index is 12.6. The highest BCUT2D eigenvalue weighted by molar-refractivity contribution is 6.03. The van der Waals surface area contributed by atoms with Crippen molar-refractivity contribution in [1.82, 2.24) is 0 Å². The van der Waals surface area contributed by atoms with Gasteiger partial charge in [0.1, 0.15) is 5.75 Å². The standard InChI is InChI=1S/C22H26O4/c1-21(2,3)14-11-12-18(17(13-14)22(4,5)6)26-20(25)16-10-8-7-9-15(16)19(23)24/h7-13H,1-6H3,(H,23,24). The Hall–Kier alpha value is -2.62. The van der Waals surface area contributed by atoms with Gasteiger partial charge in [-0.2, -0.15) is 0 Å². The highest BCUT2D eigenvalue weighted by Crippen LogP contribution is 2.36. The molecule has 2 rings (SSSR count). The van der Waals surface area contributed by atoms with Crippen LogP contribution >= 0.6 is 0 Å². The second-order valence-electron chi connectivity index (χ2n) is 8.45. The zero-order chi connectivity index (χ0) is 19.7. The summed E-state index contributed by atoms with van der Waals surface area (Å²) in [6.45, 7) is 12.5. The van der Waals surface area contributed by atoms with Gasteiger partial charge in [0.25, 0.3) is 0 Å². The highest BCUT2D eigenvalue weighted by atomic mass is 16.5. The van der Waals surface area contributed by atoms with Crippen LogP contribution in [0.2, 0.25) is 0 Å². The molecule has 2 aromatic rings. The summed E-state index contributed by atoms with van der Waals surface area (Å²) < 4.78 is 5.61. The maximum absolute atomic E-state index is 12.6. The van der Waals surface area contributed by atoms with Gasteiger partial charge in [-0.3, -0.25) is 0 Å². The van der Waals surface area contributed by atoms with Crippen molar-refractivity contribution >= 4 is 11.9 Å². The minimum absolute atomic E-state index is 0.0293. The van der Waals surface area contributed by atoms with Crippen molar-refractivity contribution in [2.24, 2.45) is 0 Å². The first kappa shape index (κ1) is 19.7. The molecule has 138 valence electrons. The van der Waals surface area contributed by atoms with E-state index in [0.29, 0.717) is 5.75 Å². The first-order chi connectivity index (χ1) is 11.9. The number of ether oxygens (including phenoxy) is 1. The van der Waals surface area contributed by atoms with E-state index in [1.807, 2.05) is 6.07 Å². The van der Waals surface area contributed by atoms with Crippen LogP contribution in [0.4, 0.5) is 0 Å². The Morgan fingerprint density at radius 3 is 1.92 bits per heavy atom. The van der Waals surface area contributed by atoms with Gasteiger partial charge in [0.2, 0.25) is 0 Å². The summed E-state index contributed by atoms with van der Waals surface area (Å²) in [5, 5.41) is 9.28. The SMILES string of the molecule is CC(C)(C)c1ccc(OC(=O)c2ccccc2C(=O)O)c(C(C)(C)C)c1. The molecule has 4 heteroatoms. The Morgan fingerprint density at radius 1 is 0.846 bits per heavy atom. The van der Waals surface area contributed by atoms with Gasteiger partial charge in [-0.1, -0.05) is 65.8 Å². The molecule has 0 radical (unpaired) electrons. The van der Waals surface area contributed by atoms with E-state index < -0.39 is 11.9 Å². The van der Waals surface area contributed by atoms with Crippen molar-refractivity contribution in [2.75, 3.05) is 0 Å². The van der Waals surface area contributed by atoms with E-state index >= 15 is 0 Å². The van der Waals surface area contributed by atoms with Crippen LogP contribution in [0.3, 0.4) is 0 Å². The Labute approximate surface area is 154 Å². The molecule has 4 nitrogen and oxygen atoms in total. The number of carbonyl (C=O) groups excluding carboxylic acids is 1. The number of esters is 1. The van der Waals surface area contributed by atoms with Crippen LogP contribution in [0.25, 0.3) is 0 Å². The molecule has 0 saturated heterocycles. The van der Waals surface area contributed by atoms with Crippen LogP contribution in [0, 0.1) is 0 Å². The van der Waals surface area contributed by atoms with Crippen LogP contribution in [-0.4, -0.2) is 17.0 Å². The summed E-state index contributed by atoms with van der Waals surface area (Å²) in [4.78, 5) is 24.0. The molecule has 0 fully saturated rings. The molecule has 0 spiro atoms. The molecule has 0 bridgehead atoms. The molecule has 0 aromatic heterocycles. The predicted molar refractivity (Wildman–Crippen MR) is 102 cm³/mol. The fourth-order valence-electron chi connectivity index (χ4n) is 2.67. The normalized spacial score (nSPS) is 11.9. The lowest BCUT2D eigenvalue weighted by Crippen LogP contribution is -2.20. The maximum Gasteiger partial charge on any atom is 0.344 e. The van der Waals surface area contributed by atoms with E-state index in [1.165, 1.54) is 12.1 Å². The quantitative estimate of drug-likeness (QED) is 0.608. The van der Waals surface area contributed by atoms with Gasteiger partial charge in [0, 0.05) is 5.56 Å². The van der Waals surface area contributed by atoms with E-state index in [-0.39, 0.29) is 22.0 Å². The third-order valence-electron chi connectivity index (χ3n) is 4.23. The number of carboxylic acids is 1. The van der Waals surface area contributed by atoms with Gasteiger partial charge in [-0.25, -0.2) is 9.59 Å². The lowest BCUT2D eigenvalue weighted by molar-refractivity contribution is 0.0667. The van der Waals surface area contributed by atoms with Crippen LogP contribution in [0.1, 0.15) is 73.4 Å². The van der Waals surface area contributed by atoms with Crippen molar-refractivity contribution in [1.29, 1.82) is 0 Å². The number of hydrogen-bond acceptors (Lipinski definition) is 3. The first-order valence-electron chi connectivity index (χ1n) is 8.61. The fraction of sp³-hybridized carbons (Fsp3) is 0.364. The summed E-state index contributed by atoms with van der Waals surface area (Å²) in [6.07, 6.45) is 0. The molecule has 0 saturated carbocycles. The van der Waals surface area contributed by atoms with Gasteiger partial charge >= 0.3 is 11.9 Å². The summed E-state index contributed by atoms with van der Waals surface area (Å²) >= 11 is 0. The second kappa shape index (κ2) is 6.94. The molecule has 0 amide bonds. The van der Waals surface area contributed by atoms with Gasteiger partial charge in [0.15, 0.2) is 0 Å². The topological polar surface area (TPSA) is 63.6 Å². The van der Waals surface area contributed by atoms with E-state index in [0.717, 1.165) is 11.1 Å². The van der Waals surface area contributed by atoms with E-state index in [9.17, 15) is 14.7 Å². The first-order valence-corrected chi connectivity index (χ1v) is 8.61. The molecular formula is C22H26O4. The van der Waals surface area contributed by atoms with Crippen molar-refractivity contribution in [3.63, 3.8) is 0 Å². The molecule has 0 heterocycles. The predicted octanol–water partition coefficient (Wildman–Crippen LogP) is 5.20. The zero-order valence-electron chi connectivity index (χ0n) is 16.2. The van der Waals surface area contributed by atoms with E-state index in [1.54, 1.807) is 18.2 Å². The van der Waals surface area contributed by atoms with Crippen LogP contribution in [-0.2, 0) is 10.8 Å². The smallest absolute Gasteiger partial charge is 0.344 e. The molecule has 0 atom stereocenters. The average Bonchev–Trinajstić information content (AvgIpc) is 2.53. The molecule has 0 unspecified atom stereocenters. The number of carboxylic acid groups (broad SMARTS) is 1. The van der Waals surface area contributed by atoms with Gasteiger partial charge < -0.3 is 9.84 Å². The Bertz CT molecular complexity index is 836. The number of aromatic carboxylic acids is 1. The van der Waals surface area contributed by atoms with Gasteiger partial charge in [-0.15, -0.1) is 0 Å². The van der Waals surface area contributed by atoms with Crippen LogP contribution < -0.4 is 4.74 Å². The van der Waals surface area contributed by atoms with Crippen LogP contribution in [0.15, 0.2) is 42.5 Å². The third-order valence-corrected chi connectivity index (χ3v) is 4.23. The summed E-state index contributed by atoms with van der Waals surface area (Å²) in [6, 6.07) is 11.9. The number of hydrogen-bond donors (Lipinski definition) is 1. The number of rotatable bonds is 3. The van der Waals surface area contributed by atoms with Crippen molar-refractivity contribution in [3.8, 4) is 5.75 Å². The largest absolute Gasteiger partial charge is 0.478 e. The molecule has 0 aliphatic carbocycles. The fourth-order valence-corrected chi connectivity index (χ4v) is 2.67. The lowest BCUT2D eigenvalue weighted by Gasteiger charge is -2.27. The Balaban J connectivity index is 2.47. The highest BCUT2D eigenvalue weighted by Gasteiger charge is 2.25. The summed E-state index contributed by atoms with van der Waals surface area (Å²) in [7, 11) is 0. The number of carbonyl (C=O) groups is 2. The monoisotopic (exact) mass is 354 g/mol. The lowest BCUT2D eigenvalue weighted by atomic mass is 9.80. The molecule has 0 aliphatic heterocycles. The van der Waals surface area contributed by atoms with Crippen molar-refractivity contribution in [3.05, 3.63) is 64.7 Å². The zero-order valence-corrected chi connectivity index (χ0v) is 16.2.